The standard InChI is InChI=1S/C21H27FN4OS/c1-2-23-21(24-10-6-16-4-3-5-18(22)14-16)25-11-7-20(27)26-12-8-19-17(15-26)9-13-28-19/h3-5,9,13-14H,2,6-8,10-12,15H2,1H3,(H2,23,24,25). The number of carbonyl (C=O) groups is 1. The first-order chi connectivity index (χ1) is 13.7. The van der Waals surface area contributed by atoms with E-state index in [2.05, 4.69) is 27.1 Å². The van der Waals surface area contributed by atoms with Crippen LogP contribution in [-0.4, -0.2) is 42.9 Å². The zero-order valence-electron chi connectivity index (χ0n) is 16.2. The van der Waals surface area contributed by atoms with E-state index < -0.39 is 0 Å². The first-order valence-electron chi connectivity index (χ1n) is 9.75. The molecule has 0 saturated heterocycles. The summed E-state index contributed by atoms with van der Waals surface area (Å²) in [5.41, 5.74) is 2.22. The monoisotopic (exact) mass is 402 g/mol. The fourth-order valence-electron chi connectivity index (χ4n) is 3.24. The molecule has 1 aromatic carbocycles. The van der Waals surface area contributed by atoms with Crippen LogP contribution in [0.2, 0.25) is 0 Å². The van der Waals surface area contributed by atoms with Crippen molar-refractivity contribution < 1.29 is 9.18 Å². The minimum atomic E-state index is -0.219. The molecule has 7 heteroatoms. The van der Waals surface area contributed by atoms with Crippen LogP contribution in [-0.2, 0) is 24.2 Å². The normalized spacial score (nSPS) is 13.9. The SMILES string of the molecule is CCNC(=NCCC(=O)N1CCc2sccc2C1)NCCc1cccc(F)c1. The van der Waals surface area contributed by atoms with Crippen LogP contribution < -0.4 is 10.6 Å². The van der Waals surface area contributed by atoms with E-state index in [0.717, 1.165) is 25.1 Å². The van der Waals surface area contributed by atoms with Crippen molar-refractivity contribution in [1.82, 2.24) is 15.5 Å². The Morgan fingerprint density at radius 2 is 2.21 bits per heavy atom. The van der Waals surface area contributed by atoms with Gasteiger partial charge in [0.2, 0.25) is 5.91 Å². The van der Waals surface area contributed by atoms with E-state index in [0.29, 0.717) is 38.4 Å². The molecule has 2 aromatic rings. The third-order valence-corrected chi connectivity index (χ3v) is 5.72. The van der Waals surface area contributed by atoms with Crippen molar-refractivity contribution in [1.29, 1.82) is 0 Å². The quantitative estimate of drug-likeness (QED) is 0.553. The Morgan fingerprint density at radius 1 is 1.32 bits per heavy atom. The molecule has 0 radical (unpaired) electrons. The molecule has 1 aliphatic rings. The summed E-state index contributed by atoms with van der Waals surface area (Å²) in [5, 5.41) is 8.53. The van der Waals surface area contributed by atoms with Gasteiger partial charge in [-0.05, 0) is 54.5 Å². The van der Waals surface area contributed by atoms with Gasteiger partial charge in [0.15, 0.2) is 5.96 Å². The molecule has 5 nitrogen and oxygen atoms in total. The molecule has 0 saturated carbocycles. The van der Waals surface area contributed by atoms with Gasteiger partial charge < -0.3 is 15.5 Å². The average molecular weight is 403 g/mol. The number of rotatable bonds is 7. The van der Waals surface area contributed by atoms with Crippen LogP contribution >= 0.6 is 11.3 Å². The molecule has 0 fully saturated rings. The molecule has 0 aliphatic carbocycles. The Kier molecular flexibility index (Phi) is 7.42. The second-order valence-electron chi connectivity index (χ2n) is 6.75. The van der Waals surface area contributed by atoms with Crippen molar-refractivity contribution in [3.8, 4) is 0 Å². The summed E-state index contributed by atoms with van der Waals surface area (Å²) in [4.78, 5) is 20.3. The first-order valence-corrected chi connectivity index (χ1v) is 10.6. The zero-order valence-corrected chi connectivity index (χ0v) is 17.0. The summed E-state index contributed by atoms with van der Waals surface area (Å²) in [6.07, 6.45) is 2.06. The van der Waals surface area contributed by atoms with Crippen molar-refractivity contribution in [2.75, 3.05) is 26.2 Å². The van der Waals surface area contributed by atoms with E-state index in [1.54, 1.807) is 23.5 Å². The molecule has 0 spiro atoms. The maximum atomic E-state index is 13.2. The van der Waals surface area contributed by atoms with Gasteiger partial charge in [0.1, 0.15) is 5.82 Å². The Labute approximate surface area is 169 Å². The molecule has 28 heavy (non-hydrogen) atoms. The summed E-state index contributed by atoms with van der Waals surface area (Å²) < 4.78 is 13.2. The van der Waals surface area contributed by atoms with Crippen molar-refractivity contribution in [3.05, 3.63) is 57.5 Å². The first kappa shape index (κ1) is 20.3. The van der Waals surface area contributed by atoms with Crippen LogP contribution in [0.4, 0.5) is 4.39 Å². The summed E-state index contributed by atoms with van der Waals surface area (Å²) in [6, 6.07) is 8.73. The Morgan fingerprint density at radius 3 is 3.04 bits per heavy atom. The van der Waals surface area contributed by atoms with E-state index in [9.17, 15) is 9.18 Å². The fraction of sp³-hybridized carbons (Fsp3) is 0.429. The number of thiophene rings is 1. The minimum Gasteiger partial charge on any atom is -0.357 e. The van der Waals surface area contributed by atoms with Gasteiger partial charge in [-0.25, -0.2) is 4.39 Å². The molecular formula is C21H27FN4OS. The van der Waals surface area contributed by atoms with Gasteiger partial charge in [-0.1, -0.05) is 12.1 Å². The van der Waals surface area contributed by atoms with Crippen LogP contribution in [0.1, 0.15) is 29.3 Å². The Balaban J connectivity index is 1.44. The van der Waals surface area contributed by atoms with Crippen LogP contribution in [0.25, 0.3) is 0 Å². The number of aliphatic imine (C=N–C) groups is 1. The topological polar surface area (TPSA) is 56.7 Å². The Hall–Kier alpha value is -2.41. The number of guanidine groups is 1. The van der Waals surface area contributed by atoms with E-state index in [1.807, 2.05) is 17.9 Å². The van der Waals surface area contributed by atoms with Crippen molar-refractivity contribution >= 4 is 23.2 Å². The average Bonchev–Trinajstić information content (AvgIpc) is 3.16. The van der Waals surface area contributed by atoms with E-state index in [4.69, 9.17) is 0 Å². The number of hydrogen-bond donors (Lipinski definition) is 2. The number of carbonyl (C=O) groups excluding carboxylic acids is 1. The molecule has 2 N–H and O–H groups in total. The third kappa shape index (κ3) is 5.79. The summed E-state index contributed by atoms with van der Waals surface area (Å²) in [6.45, 7) is 5.35. The summed E-state index contributed by atoms with van der Waals surface area (Å²) in [7, 11) is 0. The maximum absolute atomic E-state index is 13.2. The van der Waals surface area contributed by atoms with Gasteiger partial charge >= 0.3 is 0 Å². The van der Waals surface area contributed by atoms with Gasteiger partial charge in [-0.15, -0.1) is 11.3 Å². The number of amides is 1. The summed E-state index contributed by atoms with van der Waals surface area (Å²) >= 11 is 1.78. The number of benzene rings is 1. The van der Waals surface area contributed by atoms with Gasteiger partial charge in [-0.3, -0.25) is 9.79 Å². The highest BCUT2D eigenvalue weighted by Gasteiger charge is 2.20. The number of nitrogens with zero attached hydrogens (tertiary/aromatic N) is 2. The van der Waals surface area contributed by atoms with Crippen molar-refractivity contribution in [2.24, 2.45) is 4.99 Å². The molecule has 2 heterocycles. The van der Waals surface area contributed by atoms with E-state index in [1.165, 1.54) is 16.5 Å². The highest BCUT2D eigenvalue weighted by Crippen LogP contribution is 2.24. The predicted molar refractivity (Wildman–Crippen MR) is 112 cm³/mol. The molecule has 0 unspecified atom stereocenters. The molecular weight excluding hydrogens is 375 g/mol. The predicted octanol–water partition coefficient (Wildman–Crippen LogP) is 2.96. The molecule has 0 atom stereocenters. The van der Waals surface area contributed by atoms with Crippen LogP contribution in [0.5, 0.6) is 0 Å². The lowest BCUT2D eigenvalue weighted by atomic mass is 10.1. The summed E-state index contributed by atoms with van der Waals surface area (Å²) in [5.74, 6) is 0.616. The smallest absolute Gasteiger partial charge is 0.224 e. The molecule has 150 valence electrons. The van der Waals surface area contributed by atoms with Crippen LogP contribution in [0.3, 0.4) is 0 Å². The molecule has 0 bridgehead atoms. The molecule has 3 rings (SSSR count). The van der Waals surface area contributed by atoms with Gasteiger partial charge in [-0.2, -0.15) is 0 Å². The molecule has 1 aliphatic heterocycles. The fourth-order valence-corrected chi connectivity index (χ4v) is 4.13. The molecule has 1 aromatic heterocycles. The minimum absolute atomic E-state index is 0.149. The lowest BCUT2D eigenvalue weighted by Gasteiger charge is -2.26. The largest absolute Gasteiger partial charge is 0.357 e. The van der Waals surface area contributed by atoms with Crippen LogP contribution in [0.15, 0.2) is 40.7 Å². The lowest BCUT2D eigenvalue weighted by Crippen LogP contribution is -2.39. The highest BCUT2D eigenvalue weighted by molar-refractivity contribution is 7.10. The second-order valence-corrected chi connectivity index (χ2v) is 7.75. The number of hydrogen-bond acceptors (Lipinski definition) is 3. The maximum Gasteiger partial charge on any atom is 0.224 e. The van der Waals surface area contributed by atoms with E-state index in [-0.39, 0.29) is 11.7 Å². The third-order valence-electron chi connectivity index (χ3n) is 4.70. The lowest BCUT2D eigenvalue weighted by molar-refractivity contribution is -0.131. The zero-order chi connectivity index (χ0) is 19.8. The number of nitrogens with one attached hydrogen (secondary N) is 2. The van der Waals surface area contributed by atoms with Crippen molar-refractivity contribution in [2.45, 2.75) is 32.7 Å². The Bertz CT molecular complexity index is 820. The van der Waals surface area contributed by atoms with Gasteiger partial charge in [0, 0.05) is 37.5 Å². The van der Waals surface area contributed by atoms with Crippen LogP contribution in [0, 0.1) is 5.82 Å². The highest BCUT2D eigenvalue weighted by atomic mass is 32.1. The van der Waals surface area contributed by atoms with Gasteiger partial charge in [0.05, 0.1) is 6.54 Å². The van der Waals surface area contributed by atoms with E-state index >= 15 is 0 Å². The molecule has 1 amide bonds. The van der Waals surface area contributed by atoms with Crippen molar-refractivity contribution in [3.63, 3.8) is 0 Å². The number of halogens is 1. The second kappa shape index (κ2) is 10.2. The van der Waals surface area contributed by atoms with Gasteiger partial charge in [0.25, 0.3) is 0 Å². The number of fused-ring (bicyclic) bond motifs is 1.